The SMILES string of the molecule is CC(=O)c1ccc(N2C(=O)C(=O)C(=C(O)c3ccccc3)[C@H]2c2ccc(Cl)cc2)cc1. The highest BCUT2D eigenvalue weighted by Gasteiger charge is 2.46. The Morgan fingerprint density at radius 2 is 1.48 bits per heavy atom. The number of hydrogen-bond donors (Lipinski definition) is 1. The Kier molecular flexibility index (Phi) is 5.44. The van der Waals surface area contributed by atoms with Gasteiger partial charge in [0.05, 0.1) is 11.6 Å². The first-order valence-corrected chi connectivity index (χ1v) is 9.99. The van der Waals surface area contributed by atoms with Crippen molar-refractivity contribution in [3.63, 3.8) is 0 Å². The molecule has 1 amide bonds. The fourth-order valence-corrected chi connectivity index (χ4v) is 3.79. The molecular weight excluding hydrogens is 414 g/mol. The molecule has 0 aliphatic carbocycles. The van der Waals surface area contributed by atoms with E-state index in [-0.39, 0.29) is 17.1 Å². The minimum Gasteiger partial charge on any atom is -0.507 e. The Morgan fingerprint density at radius 3 is 2.06 bits per heavy atom. The van der Waals surface area contributed by atoms with Gasteiger partial charge >= 0.3 is 0 Å². The highest BCUT2D eigenvalue weighted by Crippen LogP contribution is 2.42. The van der Waals surface area contributed by atoms with Crippen LogP contribution in [0.5, 0.6) is 0 Å². The van der Waals surface area contributed by atoms with Crippen molar-refractivity contribution >= 4 is 40.5 Å². The van der Waals surface area contributed by atoms with E-state index in [0.717, 1.165) is 0 Å². The molecule has 0 bridgehead atoms. The van der Waals surface area contributed by atoms with E-state index in [1.165, 1.54) is 11.8 Å². The maximum absolute atomic E-state index is 13.1. The molecule has 0 spiro atoms. The number of rotatable bonds is 4. The van der Waals surface area contributed by atoms with Crippen molar-refractivity contribution in [2.75, 3.05) is 4.90 Å². The van der Waals surface area contributed by atoms with Crippen LogP contribution >= 0.6 is 11.6 Å². The maximum atomic E-state index is 13.1. The van der Waals surface area contributed by atoms with Gasteiger partial charge in [-0.1, -0.05) is 54.1 Å². The van der Waals surface area contributed by atoms with Crippen LogP contribution in [0.25, 0.3) is 5.76 Å². The fourth-order valence-electron chi connectivity index (χ4n) is 3.67. The minimum atomic E-state index is -0.847. The summed E-state index contributed by atoms with van der Waals surface area (Å²) in [6.45, 7) is 1.45. The van der Waals surface area contributed by atoms with Gasteiger partial charge in [-0.15, -0.1) is 0 Å². The molecule has 1 saturated heterocycles. The first-order chi connectivity index (χ1) is 14.9. The average molecular weight is 432 g/mol. The standard InChI is InChI=1S/C25H18ClNO4/c1-15(28)16-9-13-20(14-10-16)27-22(17-7-11-19(26)12-8-17)21(24(30)25(27)31)23(29)18-5-3-2-4-6-18/h2-14,22,29H,1H3/t22-/m1/s1. The summed E-state index contributed by atoms with van der Waals surface area (Å²) in [4.78, 5) is 39.1. The number of Topliss-reactive ketones (excluding diaryl/α,β-unsaturated/α-hetero) is 2. The molecule has 1 aliphatic heterocycles. The zero-order valence-corrected chi connectivity index (χ0v) is 17.3. The molecule has 154 valence electrons. The third-order valence-corrected chi connectivity index (χ3v) is 5.48. The lowest BCUT2D eigenvalue weighted by molar-refractivity contribution is -0.132. The van der Waals surface area contributed by atoms with E-state index < -0.39 is 17.7 Å². The molecule has 1 fully saturated rings. The van der Waals surface area contributed by atoms with Crippen molar-refractivity contribution in [3.8, 4) is 0 Å². The molecule has 1 aliphatic rings. The number of aliphatic hydroxyl groups is 1. The lowest BCUT2D eigenvalue weighted by Crippen LogP contribution is -2.29. The van der Waals surface area contributed by atoms with Crippen LogP contribution in [-0.4, -0.2) is 22.6 Å². The number of anilines is 1. The molecule has 0 saturated carbocycles. The van der Waals surface area contributed by atoms with Crippen molar-refractivity contribution in [1.29, 1.82) is 0 Å². The number of nitrogens with zero attached hydrogens (tertiary/aromatic N) is 1. The van der Waals surface area contributed by atoms with Crippen LogP contribution in [0.15, 0.2) is 84.4 Å². The Labute approximate surface area is 184 Å². The van der Waals surface area contributed by atoms with E-state index in [0.29, 0.717) is 27.4 Å². The van der Waals surface area contributed by atoms with Gasteiger partial charge in [-0.25, -0.2) is 0 Å². The van der Waals surface area contributed by atoms with E-state index >= 15 is 0 Å². The molecule has 5 nitrogen and oxygen atoms in total. The normalized spacial score (nSPS) is 17.7. The van der Waals surface area contributed by atoms with Gasteiger partial charge in [0.1, 0.15) is 5.76 Å². The maximum Gasteiger partial charge on any atom is 0.300 e. The molecule has 6 heteroatoms. The van der Waals surface area contributed by atoms with Gasteiger partial charge in [-0.2, -0.15) is 0 Å². The van der Waals surface area contributed by atoms with Crippen molar-refractivity contribution in [2.24, 2.45) is 0 Å². The molecule has 1 heterocycles. The summed E-state index contributed by atoms with van der Waals surface area (Å²) in [6.07, 6.45) is 0. The fraction of sp³-hybridized carbons (Fsp3) is 0.0800. The van der Waals surface area contributed by atoms with Crippen LogP contribution in [0.4, 0.5) is 5.69 Å². The predicted octanol–water partition coefficient (Wildman–Crippen LogP) is 5.17. The van der Waals surface area contributed by atoms with Crippen molar-refractivity contribution < 1.29 is 19.5 Å². The molecular formula is C25H18ClNO4. The summed E-state index contributed by atoms with van der Waals surface area (Å²) in [5.41, 5.74) is 1.99. The number of carbonyl (C=O) groups excluding carboxylic acids is 3. The van der Waals surface area contributed by atoms with Gasteiger partial charge in [-0.3, -0.25) is 19.3 Å². The molecule has 3 aromatic carbocycles. The topological polar surface area (TPSA) is 74.7 Å². The lowest BCUT2D eigenvalue weighted by Gasteiger charge is -2.25. The van der Waals surface area contributed by atoms with Crippen LogP contribution in [0.1, 0.15) is 34.5 Å². The van der Waals surface area contributed by atoms with Gasteiger partial charge in [0.25, 0.3) is 11.7 Å². The highest BCUT2D eigenvalue weighted by molar-refractivity contribution is 6.51. The van der Waals surface area contributed by atoms with Crippen LogP contribution < -0.4 is 4.90 Å². The summed E-state index contributed by atoms with van der Waals surface area (Å²) in [7, 11) is 0. The predicted molar refractivity (Wildman–Crippen MR) is 119 cm³/mol. The van der Waals surface area contributed by atoms with E-state index in [1.807, 2.05) is 0 Å². The average Bonchev–Trinajstić information content (AvgIpc) is 3.05. The van der Waals surface area contributed by atoms with Gasteiger partial charge in [0.15, 0.2) is 5.78 Å². The van der Waals surface area contributed by atoms with Crippen molar-refractivity contribution in [3.05, 3.63) is 106 Å². The summed E-state index contributed by atoms with van der Waals surface area (Å²) in [5, 5.41) is 11.5. The van der Waals surface area contributed by atoms with E-state index in [1.54, 1.807) is 78.9 Å². The van der Waals surface area contributed by atoms with E-state index in [2.05, 4.69) is 0 Å². The largest absolute Gasteiger partial charge is 0.507 e. The van der Waals surface area contributed by atoms with Crippen LogP contribution in [0.3, 0.4) is 0 Å². The smallest absolute Gasteiger partial charge is 0.300 e. The molecule has 31 heavy (non-hydrogen) atoms. The van der Waals surface area contributed by atoms with Crippen LogP contribution in [-0.2, 0) is 9.59 Å². The third kappa shape index (κ3) is 3.76. The number of hydrogen-bond acceptors (Lipinski definition) is 4. The van der Waals surface area contributed by atoms with Gasteiger partial charge in [0.2, 0.25) is 0 Å². The zero-order valence-electron chi connectivity index (χ0n) is 16.6. The number of carbonyl (C=O) groups is 3. The molecule has 0 aromatic heterocycles. The monoisotopic (exact) mass is 431 g/mol. The summed E-state index contributed by atoms with van der Waals surface area (Å²) in [5.74, 6) is -1.89. The molecule has 4 rings (SSSR count). The first-order valence-electron chi connectivity index (χ1n) is 9.61. The number of benzene rings is 3. The third-order valence-electron chi connectivity index (χ3n) is 5.23. The van der Waals surface area contributed by atoms with Gasteiger partial charge < -0.3 is 5.11 Å². The molecule has 3 aromatic rings. The molecule has 1 atom stereocenters. The molecule has 0 unspecified atom stereocenters. The second-order valence-corrected chi connectivity index (χ2v) is 7.63. The Bertz CT molecular complexity index is 1200. The number of aliphatic hydroxyl groups excluding tert-OH is 1. The first kappa shape index (κ1) is 20.6. The Balaban J connectivity index is 1.91. The van der Waals surface area contributed by atoms with E-state index in [4.69, 9.17) is 11.6 Å². The van der Waals surface area contributed by atoms with Crippen LogP contribution in [0, 0.1) is 0 Å². The van der Waals surface area contributed by atoms with Crippen molar-refractivity contribution in [1.82, 2.24) is 0 Å². The summed E-state index contributed by atoms with van der Waals surface area (Å²) < 4.78 is 0. The minimum absolute atomic E-state index is 0.00540. The Hall–Kier alpha value is -3.70. The quantitative estimate of drug-likeness (QED) is 0.267. The zero-order chi connectivity index (χ0) is 22.1. The Morgan fingerprint density at radius 1 is 0.871 bits per heavy atom. The second-order valence-electron chi connectivity index (χ2n) is 7.19. The van der Waals surface area contributed by atoms with Crippen molar-refractivity contribution in [2.45, 2.75) is 13.0 Å². The molecule has 1 N–H and O–H groups in total. The van der Waals surface area contributed by atoms with Gasteiger partial charge in [0, 0.05) is 21.8 Å². The van der Waals surface area contributed by atoms with Gasteiger partial charge in [-0.05, 0) is 48.9 Å². The summed E-state index contributed by atoms with van der Waals surface area (Å²) >= 11 is 6.03. The number of ketones is 2. The van der Waals surface area contributed by atoms with Crippen LogP contribution in [0.2, 0.25) is 5.02 Å². The van der Waals surface area contributed by atoms with E-state index in [9.17, 15) is 19.5 Å². The number of amides is 1. The summed E-state index contributed by atoms with van der Waals surface area (Å²) in [6, 6.07) is 21.0. The lowest BCUT2D eigenvalue weighted by atomic mass is 9.95. The highest BCUT2D eigenvalue weighted by atomic mass is 35.5. The number of halogens is 1. The second kappa shape index (κ2) is 8.20. The molecule has 0 radical (unpaired) electrons.